The molecule has 1 saturated carbocycles. The van der Waals surface area contributed by atoms with Crippen molar-refractivity contribution < 1.29 is 9.90 Å². The van der Waals surface area contributed by atoms with E-state index >= 15 is 0 Å². The number of aryl methyl sites for hydroxylation is 2. The van der Waals surface area contributed by atoms with E-state index < -0.39 is 0 Å². The molecule has 2 aromatic heterocycles. The van der Waals surface area contributed by atoms with Gasteiger partial charge in [0.05, 0.1) is 11.7 Å². The van der Waals surface area contributed by atoms with E-state index in [0.717, 1.165) is 40.6 Å². The molecule has 1 fully saturated rings. The number of fused-ring (bicyclic) bond motifs is 1. The Morgan fingerprint density at radius 1 is 1.29 bits per heavy atom. The summed E-state index contributed by atoms with van der Waals surface area (Å²) in [5.74, 6) is 1.08. The molecule has 2 N–H and O–H groups in total. The average molecular weight is 321 g/mol. The molecule has 3 aromatic rings. The molecule has 0 radical (unpaired) electrons. The van der Waals surface area contributed by atoms with Crippen molar-refractivity contribution in [3.8, 4) is 17.0 Å². The largest absolute Gasteiger partial charge is 0.508 e. The number of carbonyl (C=O) groups is 1. The summed E-state index contributed by atoms with van der Waals surface area (Å²) in [5, 5.41) is 13.5. The molecular weight excluding hydrogens is 302 g/mol. The highest BCUT2D eigenvalue weighted by Crippen LogP contribution is 2.33. The number of nitrogens with zero attached hydrogens (tertiary/aromatic N) is 2. The first-order valence-electron chi connectivity index (χ1n) is 8.09. The first-order chi connectivity index (χ1) is 11.5. The maximum atomic E-state index is 11.9. The van der Waals surface area contributed by atoms with Crippen molar-refractivity contribution in [2.24, 2.45) is 13.0 Å². The smallest absolute Gasteiger partial charge is 0.228 e. The zero-order chi connectivity index (χ0) is 16.8. The molecule has 122 valence electrons. The molecule has 0 unspecified atom stereocenters. The molecular formula is C19H19N3O2. The number of phenolic OH excluding ortho intramolecular Hbond substituents is 1. The summed E-state index contributed by atoms with van der Waals surface area (Å²) in [6.45, 7) is 1.98. The number of aromatic nitrogens is 2. The number of pyridine rings is 1. The number of benzene rings is 1. The summed E-state index contributed by atoms with van der Waals surface area (Å²) in [6.07, 6.45) is 3.74. The second-order valence-electron chi connectivity index (χ2n) is 6.48. The highest BCUT2D eigenvalue weighted by atomic mass is 16.3. The molecule has 0 atom stereocenters. The third kappa shape index (κ3) is 2.52. The van der Waals surface area contributed by atoms with Crippen molar-refractivity contribution in [1.29, 1.82) is 0 Å². The summed E-state index contributed by atoms with van der Waals surface area (Å²) < 4.78 is 2.08. The number of rotatable bonds is 3. The first kappa shape index (κ1) is 14.8. The average Bonchev–Trinajstić information content (AvgIpc) is 3.33. The highest BCUT2D eigenvalue weighted by molar-refractivity contribution is 5.96. The van der Waals surface area contributed by atoms with Crippen LogP contribution in [-0.4, -0.2) is 20.6 Å². The van der Waals surface area contributed by atoms with E-state index in [2.05, 4.69) is 20.9 Å². The molecule has 0 aliphatic heterocycles. The van der Waals surface area contributed by atoms with Gasteiger partial charge in [-0.25, -0.2) is 4.98 Å². The third-order valence-corrected chi connectivity index (χ3v) is 4.61. The molecule has 1 aliphatic rings. The van der Waals surface area contributed by atoms with Crippen LogP contribution in [0.25, 0.3) is 22.2 Å². The normalized spacial score (nSPS) is 14.1. The van der Waals surface area contributed by atoms with Crippen LogP contribution in [0.1, 0.15) is 18.4 Å². The van der Waals surface area contributed by atoms with E-state index in [9.17, 15) is 9.90 Å². The zero-order valence-corrected chi connectivity index (χ0v) is 13.7. The van der Waals surface area contributed by atoms with Crippen LogP contribution in [0.5, 0.6) is 5.75 Å². The summed E-state index contributed by atoms with van der Waals surface area (Å²) in [4.78, 5) is 16.3. The number of amides is 1. The standard InChI is InChI=1S/C19H19N3O2/c1-11-7-14(23)5-6-15(11)16-8-13-9-18(20-10-17(13)22(16)2)21-19(24)12-3-4-12/h5-10,12,23H,3-4H2,1-2H3,(H,20,21,24). The number of hydrogen-bond acceptors (Lipinski definition) is 3. The van der Waals surface area contributed by atoms with Crippen LogP contribution in [0.3, 0.4) is 0 Å². The fourth-order valence-electron chi connectivity index (χ4n) is 3.07. The van der Waals surface area contributed by atoms with E-state index in [4.69, 9.17) is 0 Å². The molecule has 5 heteroatoms. The summed E-state index contributed by atoms with van der Waals surface area (Å²) in [5.41, 5.74) is 4.13. The maximum absolute atomic E-state index is 11.9. The second-order valence-corrected chi connectivity index (χ2v) is 6.48. The lowest BCUT2D eigenvalue weighted by atomic mass is 10.1. The van der Waals surface area contributed by atoms with E-state index in [1.165, 1.54) is 0 Å². The monoisotopic (exact) mass is 321 g/mol. The number of aromatic hydroxyl groups is 1. The molecule has 2 heterocycles. The Hall–Kier alpha value is -2.82. The van der Waals surface area contributed by atoms with Gasteiger partial charge in [0.1, 0.15) is 11.6 Å². The predicted molar refractivity (Wildman–Crippen MR) is 93.9 cm³/mol. The number of carbonyl (C=O) groups excluding carboxylic acids is 1. The minimum Gasteiger partial charge on any atom is -0.508 e. The van der Waals surface area contributed by atoms with Crippen LogP contribution < -0.4 is 5.32 Å². The summed E-state index contributed by atoms with van der Waals surface area (Å²) >= 11 is 0. The second kappa shape index (κ2) is 5.37. The molecule has 0 spiro atoms. The van der Waals surface area contributed by atoms with Gasteiger partial charge in [-0.3, -0.25) is 4.79 Å². The molecule has 5 nitrogen and oxygen atoms in total. The fraction of sp³-hybridized carbons (Fsp3) is 0.263. The van der Waals surface area contributed by atoms with Gasteiger partial charge in [-0.05, 0) is 55.7 Å². The Morgan fingerprint density at radius 3 is 2.79 bits per heavy atom. The molecule has 1 amide bonds. The Labute approximate surface area is 139 Å². The van der Waals surface area contributed by atoms with Gasteiger partial charge >= 0.3 is 0 Å². The third-order valence-electron chi connectivity index (χ3n) is 4.61. The van der Waals surface area contributed by atoms with Gasteiger partial charge in [-0.2, -0.15) is 0 Å². The molecule has 1 aromatic carbocycles. The van der Waals surface area contributed by atoms with Gasteiger partial charge in [0.15, 0.2) is 0 Å². The van der Waals surface area contributed by atoms with Gasteiger partial charge < -0.3 is 15.0 Å². The van der Waals surface area contributed by atoms with Crippen molar-refractivity contribution in [3.05, 3.63) is 42.1 Å². The van der Waals surface area contributed by atoms with Gasteiger partial charge in [0.25, 0.3) is 0 Å². The van der Waals surface area contributed by atoms with Crippen molar-refractivity contribution in [2.45, 2.75) is 19.8 Å². The van der Waals surface area contributed by atoms with Crippen LogP contribution >= 0.6 is 0 Å². The Balaban J connectivity index is 1.74. The number of phenols is 1. The summed E-state index contributed by atoms with van der Waals surface area (Å²) in [7, 11) is 1.99. The topological polar surface area (TPSA) is 67.2 Å². The number of hydrogen-bond donors (Lipinski definition) is 2. The van der Waals surface area contributed by atoms with Crippen molar-refractivity contribution >= 4 is 22.6 Å². The minimum absolute atomic E-state index is 0.0624. The van der Waals surface area contributed by atoms with Gasteiger partial charge in [0.2, 0.25) is 5.91 Å². The van der Waals surface area contributed by atoms with Gasteiger partial charge in [-0.1, -0.05) is 0 Å². The predicted octanol–water partition coefficient (Wildman–Crippen LogP) is 3.60. The van der Waals surface area contributed by atoms with Crippen molar-refractivity contribution in [3.63, 3.8) is 0 Å². The fourth-order valence-corrected chi connectivity index (χ4v) is 3.07. The molecule has 0 saturated heterocycles. The summed E-state index contributed by atoms with van der Waals surface area (Å²) in [6, 6.07) is 9.37. The Bertz CT molecular complexity index is 955. The van der Waals surface area contributed by atoms with Crippen LogP contribution in [0.4, 0.5) is 5.82 Å². The SMILES string of the molecule is Cc1cc(O)ccc1-c1cc2cc(NC(=O)C3CC3)ncc2n1C. The Kier molecular flexibility index (Phi) is 3.30. The highest BCUT2D eigenvalue weighted by Gasteiger charge is 2.29. The van der Waals surface area contributed by atoms with Gasteiger partial charge in [-0.15, -0.1) is 0 Å². The van der Waals surface area contributed by atoms with E-state index in [1.807, 2.05) is 26.1 Å². The first-order valence-corrected chi connectivity index (χ1v) is 8.09. The lowest BCUT2D eigenvalue weighted by Gasteiger charge is -2.08. The number of anilines is 1. The zero-order valence-electron chi connectivity index (χ0n) is 13.7. The van der Waals surface area contributed by atoms with Crippen molar-refractivity contribution in [1.82, 2.24) is 9.55 Å². The van der Waals surface area contributed by atoms with Crippen LogP contribution in [0, 0.1) is 12.8 Å². The lowest BCUT2D eigenvalue weighted by molar-refractivity contribution is -0.117. The molecule has 0 bridgehead atoms. The number of nitrogens with one attached hydrogen (secondary N) is 1. The minimum atomic E-state index is 0.0624. The van der Waals surface area contributed by atoms with E-state index in [0.29, 0.717) is 5.82 Å². The molecule has 24 heavy (non-hydrogen) atoms. The van der Waals surface area contributed by atoms with E-state index in [-0.39, 0.29) is 17.6 Å². The lowest BCUT2D eigenvalue weighted by Crippen LogP contribution is -2.14. The maximum Gasteiger partial charge on any atom is 0.228 e. The Morgan fingerprint density at radius 2 is 2.08 bits per heavy atom. The van der Waals surface area contributed by atoms with E-state index in [1.54, 1.807) is 18.3 Å². The molecule has 1 aliphatic carbocycles. The van der Waals surface area contributed by atoms with Crippen molar-refractivity contribution in [2.75, 3.05) is 5.32 Å². The van der Waals surface area contributed by atoms with Crippen LogP contribution in [0.2, 0.25) is 0 Å². The van der Waals surface area contributed by atoms with Gasteiger partial charge in [0, 0.05) is 29.6 Å². The van der Waals surface area contributed by atoms with Crippen LogP contribution in [0.15, 0.2) is 36.5 Å². The van der Waals surface area contributed by atoms with Crippen LogP contribution in [-0.2, 0) is 11.8 Å². The molecule has 4 rings (SSSR count). The quantitative estimate of drug-likeness (QED) is 0.774.